The van der Waals surface area contributed by atoms with Gasteiger partial charge >= 0.3 is 5.97 Å². The van der Waals surface area contributed by atoms with E-state index in [1.807, 2.05) is 24.3 Å². The van der Waals surface area contributed by atoms with E-state index in [1.165, 1.54) is 0 Å². The van der Waals surface area contributed by atoms with Gasteiger partial charge in [-0.3, -0.25) is 9.59 Å². The fourth-order valence-electron chi connectivity index (χ4n) is 3.26. The van der Waals surface area contributed by atoms with Gasteiger partial charge in [-0.15, -0.1) is 0 Å². The Morgan fingerprint density at radius 3 is 2.43 bits per heavy atom. The van der Waals surface area contributed by atoms with Crippen LogP contribution in [0.15, 0.2) is 48.5 Å². The van der Waals surface area contributed by atoms with Crippen LogP contribution >= 0.6 is 0 Å². The number of hydrogen-bond acceptors (Lipinski definition) is 5. The van der Waals surface area contributed by atoms with Crippen LogP contribution in [-0.2, 0) is 20.7 Å². The number of ether oxygens (including phenoxy) is 2. The zero-order chi connectivity index (χ0) is 21.3. The van der Waals surface area contributed by atoms with Gasteiger partial charge < -0.3 is 19.7 Å². The molecule has 3 rings (SSSR count). The molecule has 2 amide bonds. The number of esters is 1. The zero-order valence-corrected chi connectivity index (χ0v) is 17.1. The lowest BCUT2D eigenvalue weighted by atomic mass is 10.1. The second kappa shape index (κ2) is 10.4. The lowest BCUT2D eigenvalue weighted by Crippen LogP contribution is -2.35. The first-order chi connectivity index (χ1) is 14.6. The molecule has 2 aromatic rings. The molecule has 0 bridgehead atoms. The van der Waals surface area contributed by atoms with Gasteiger partial charge in [-0.2, -0.15) is 0 Å². The first-order valence-corrected chi connectivity index (χ1v) is 10.0. The molecule has 0 spiro atoms. The average Bonchev–Trinajstić information content (AvgIpc) is 2.78. The summed E-state index contributed by atoms with van der Waals surface area (Å²) < 4.78 is 10.2. The normalized spacial score (nSPS) is 13.6. The summed E-state index contributed by atoms with van der Waals surface area (Å²) >= 11 is 0. The number of nitrogens with one attached hydrogen (secondary N) is 1. The Morgan fingerprint density at radius 1 is 1.03 bits per heavy atom. The molecule has 1 aliphatic heterocycles. The standard InChI is InChI=1S/C23H26N2O5/c1-29-20-11-5-17(6-12-20)13-14-24-21(26)16-30-23(28)18-7-9-19(10-8-18)25-15-3-2-4-22(25)27/h5-12H,2-4,13-16H2,1H3,(H,24,26). The number of piperidine rings is 1. The minimum Gasteiger partial charge on any atom is -0.497 e. The van der Waals surface area contributed by atoms with Gasteiger partial charge in [0.1, 0.15) is 5.75 Å². The second-order valence-corrected chi connectivity index (χ2v) is 7.07. The van der Waals surface area contributed by atoms with Crippen LogP contribution in [0.2, 0.25) is 0 Å². The monoisotopic (exact) mass is 410 g/mol. The number of benzene rings is 2. The van der Waals surface area contributed by atoms with Crippen molar-refractivity contribution in [1.29, 1.82) is 0 Å². The molecule has 158 valence electrons. The molecule has 0 saturated carbocycles. The van der Waals surface area contributed by atoms with Crippen LogP contribution in [0.5, 0.6) is 5.75 Å². The molecule has 0 aliphatic carbocycles. The average molecular weight is 410 g/mol. The van der Waals surface area contributed by atoms with Gasteiger partial charge in [-0.1, -0.05) is 12.1 Å². The van der Waals surface area contributed by atoms with Crippen molar-refractivity contribution in [3.8, 4) is 5.75 Å². The molecule has 0 unspecified atom stereocenters. The zero-order valence-electron chi connectivity index (χ0n) is 17.1. The number of nitrogens with zero attached hydrogens (tertiary/aromatic N) is 1. The third-order valence-electron chi connectivity index (χ3n) is 4.97. The number of methoxy groups -OCH3 is 1. The van der Waals surface area contributed by atoms with Gasteiger partial charge in [0, 0.05) is 25.2 Å². The van der Waals surface area contributed by atoms with E-state index in [4.69, 9.17) is 9.47 Å². The highest BCUT2D eigenvalue weighted by atomic mass is 16.5. The fraction of sp³-hybridized carbons (Fsp3) is 0.348. The van der Waals surface area contributed by atoms with Crippen molar-refractivity contribution in [3.63, 3.8) is 0 Å². The van der Waals surface area contributed by atoms with Crippen molar-refractivity contribution in [3.05, 3.63) is 59.7 Å². The molecule has 7 nitrogen and oxygen atoms in total. The molecule has 1 fully saturated rings. The third kappa shape index (κ3) is 5.83. The van der Waals surface area contributed by atoms with Crippen LogP contribution in [0.3, 0.4) is 0 Å². The lowest BCUT2D eigenvalue weighted by Gasteiger charge is -2.26. The summed E-state index contributed by atoms with van der Waals surface area (Å²) in [6, 6.07) is 14.3. The van der Waals surface area contributed by atoms with Crippen LogP contribution < -0.4 is 15.0 Å². The molecule has 30 heavy (non-hydrogen) atoms. The van der Waals surface area contributed by atoms with E-state index < -0.39 is 5.97 Å². The quantitative estimate of drug-likeness (QED) is 0.677. The van der Waals surface area contributed by atoms with Gasteiger partial charge in [-0.25, -0.2) is 4.79 Å². The fourth-order valence-corrected chi connectivity index (χ4v) is 3.26. The van der Waals surface area contributed by atoms with E-state index in [0.717, 1.165) is 29.8 Å². The summed E-state index contributed by atoms with van der Waals surface area (Å²) in [6.07, 6.45) is 3.11. The minimum atomic E-state index is -0.572. The maximum Gasteiger partial charge on any atom is 0.338 e. The number of anilines is 1. The molecule has 7 heteroatoms. The largest absolute Gasteiger partial charge is 0.497 e. The molecule has 1 N–H and O–H groups in total. The SMILES string of the molecule is COc1ccc(CCNC(=O)COC(=O)c2ccc(N3CCCCC3=O)cc2)cc1. The van der Waals surface area contributed by atoms with Crippen molar-refractivity contribution in [2.45, 2.75) is 25.7 Å². The van der Waals surface area contributed by atoms with Gasteiger partial charge in [0.25, 0.3) is 5.91 Å². The van der Waals surface area contributed by atoms with Crippen LogP contribution in [0, 0.1) is 0 Å². The summed E-state index contributed by atoms with van der Waals surface area (Å²) in [5, 5.41) is 2.73. The summed E-state index contributed by atoms with van der Waals surface area (Å²) in [5.74, 6) is -0.0441. The first-order valence-electron chi connectivity index (χ1n) is 10.0. The molecule has 1 heterocycles. The van der Waals surface area contributed by atoms with Crippen LogP contribution in [0.25, 0.3) is 0 Å². The summed E-state index contributed by atoms with van der Waals surface area (Å²) in [5.41, 5.74) is 2.18. The minimum absolute atomic E-state index is 0.0999. The van der Waals surface area contributed by atoms with E-state index in [1.54, 1.807) is 36.3 Å². The van der Waals surface area contributed by atoms with Crippen LogP contribution in [-0.4, -0.2) is 44.6 Å². The molecule has 2 aromatic carbocycles. The number of hydrogen-bond donors (Lipinski definition) is 1. The van der Waals surface area contributed by atoms with Gasteiger partial charge in [0.15, 0.2) is 6.61 Å². The van der Waals surface area contributed by atoms with E-state index in [9.17, 15) is 14.4 Å². The Balaban J connectivity index is 1.40. The van der Waals surface area contributed by atoms with Crippen molar-refractivity contribution in [2.24, 2.45) is 0 Å². The Labute approximate surface area is 176 Å². The van der Waals surface area contributed by atoms with Crippen LogP contribution in [0.1, 0.15) is 35.2 Å². The topological polar surface area (TPSA) is 84.9 Å². The second-order valence-electron chi connectivity index (χ2n) is 7.07. The molecule has 0 aromatic heterocycles. The highest BCUT2D eigenvalue weighted by Crippen LogP contribution is 2.21. The Hall–Kier alpha value is -3.35. The molecular weight excluding hydrogens is 384 g/mol. The summed E-state index contributed by atoms with van der Waals surface area (Å²) in [6.45, 7) is 0.800. The Bertz CT molecular complexity index is 877. The van der Waals surface area contributed by atoms with E-state index >= 15 is 0 Å². The number of carbonyl (C=O) groups excluding carboxylic acids is 3. The van der Waals surface area contributed by atoms with Crippen molar-refractivity contribution < 1.29 is 23.9 Å². The van der Waals surface area contributed by atoms with Gasteiger partial charge in [0.05, 0.1) is 12.7 Å². The highest BCUT2D eigenvalue weighted by Gasteiger charge is 2.20. The Morgan fingerprint density at radius 2 is 1.77 bits per heavy atom. The maximum atomic E-state index is 12.2. The smallest absolute Gasteiger partial charge is 0.338 e. The van der Waals surface area contributed by atoms with E-state index in [-0.39, 0.29) is 18.4 Å². The first kappa shape index (κ1) is 21.4. The Kier molecular flexibility index (Phi) is 7.43. The van der Waals surface area contributed by atoms with Crippen LogP contribution in [0.4, 0.5) is 5.69 Å². The van der Waals surface area contributed by atoms with Crippen molar-refractivity contribution in [1.82, 2.24) is 5.32 Å². The predicted molar refractivity (Wildman–Crippen MR) is 113 cm³/mol. The van der Waals surface area contributed by atoms with Crippen molar-refractivity contribution >= 4 is 23.5 Å². The van der Waals surface area contributed by atoms with Gasteiger partial charge in [0.2, 0.25) is 5.91 Å². The third-order valence-corrected chi connectivity index (χ3v) is 4.97. The maximum absolute atomic E-state index is 12.2. The summed E-state index contributed by atoms with van der Waals surface area (Å²) in [7, 11) is 1.61. The molecule has 1 saturated heterocycles. The molecule has 0 radical (unpaired) electrons. The predicted octanol–water partition coefficient (Wildman–Crippen LogP) is 2.73. The van der Waals surface area contributed by atoms with Gasteiger partial charge in [-0.05, 0) is 61.2 Å². The lowest BCUT2D eigenvalue weighted by molar-refractivity contribution is -0.124. The molecular formula is C23H26N2O5. The van der Waals surface area contributed by atoms with Crippen molar-refractivity contribution in [2.75, 3.05) is 31.7 Å². The number of carbonyl (C=O) groups is 3. The summed E-state index contributed by atoms with van der Waals surface area (Å²) in [4.78, 5) is 37.8. The molecule has 1 aliphatic rings. The highest BCUT2D eigenvalue weighted by molar-refractivity contribution is 5.95. The number of rotatable bonds is 8. The van der Waals surface area contributed by atoms with E-state index in [2.05, 4.69) is 5.32 Å². The number of amides is 2. The molecule has 0 atom stereocenters. The van der Waals surface area contributed by atoms with E-state index in [0.29, 0.717) is 31.5 Å².